The van der Waals surface area contributed by atoms with Crippen molar-refractivity contribution in [1.29, 1.82) is 0 Å². The first kappa shape index (κ1) is 17.3. The second-order valence-corrected chi connectivity index (χ2v) is 6.85. The topological polar surface area (TPSA) is 65.2 Å². The van der Waals surface area contributed by atoms with Crippen molar-refractivity contribution in [3.8, 4) is 11.5 Å². The molecule has 0 N–H and O–H groups in total. The van der Waals surface area contributed by atoms with Gasteiger partial charge >= 0.3 is 5.97 Å². The molecule has 2 aromatic heterocycles. The van der Waals surface area contributed by atoms with E-state index in [1.807, 2.05) is 0 Å². The minimum Gasteiger partial charge on any atom is -0.448 e. The van der Waals surface area contributed by atoms with E-state index in [1.54, 1.807) is 19.1 Å². The molecular formula is C19H12F2N2O3S. The Morgan fingerprint density at radius 2 is 1.93 bits per heavy atom. The summed E-state index contributed by atoms with van der Waals surface area (Å²) in [5.74, 6) is -1.08. The lowest BCUT2D eigenvalue weighted by Gasteiger charge is -2.07. The minimum absolute atomic E-state index is 0.106. The summed E-state index contributed by atoms with van der Waals surface area (Å²) >= 11 is 1.14. The average Bonchev–Trinajstić information content (AvgIpc) is 3.30. The van der Waals surface area contributed by atoms with Crippen molar-refractivity contribution in [2.75, 3.05) is 0 Å². The molecule has 5 nitrogen and oxygen atoms in total. The van der Waals surface area contributed by atoms with Gasteiger partial charge in [-0.3, -0.25) is 0 Å². The first-order valence-corrected chi connectivity index (χ1v) is 8.81. The quantitative estimate of drug-likeness (QED) is 0.454. The van der Waals surface area contributed by atoms with Crippen LogP contribution in [0.2, 0.25) is 0 Å². The minimum atomic E-state index is -0.797. The Hall–Kier alpha value is -3.13. The predicted octanol–water partition coefficient (Wildman–Crippen LogP) is 5.15. The Labute approximate surface area is 156 Å². The molecule has 0 saturated heterocycles. The van der Waals surface area contributed by atoms with Gasteiger partial charge in [-0.05, 0) is 49.4 Å². The van der Waals surface area contributed by atoms with Gasteiger partial charge in [-0.15, -0.1) is 21.5 Å². The molecule has 136 valence electrons. The maximum absolute atomic E-state index is 13.8. The van der Waals surface area contributed by atoms with E-state index in [0.717, 1.165) is 11.3 Å². The Morgan fingerprint density at radius 3 is 2.67 bits per heavy atom. The summed E-state index contributed by atoms with van der Waals surface area (Å²) < 4.78 is 38.3. The van der Waals surface area contributed by atoms with Gasteiger partial charge in [-0.2, -0.15) is 0 Å². The first-order chi connectivity index (χ1) is 13.0. The fourth-order valence-electron chi connectivity index (χ4n) is 2.50. The molecule has 0 radical (unpaired) electrons. The summed E-state index contributed by atoms with van der Waals surface area (Å²) in [7, 11) is 0. The Kier molecular flexibility index (Phi) is 4.41. The lowest BCUT2D eigenvalue weighted by molar-refractivity contribution is 0.0286. The highest BCUT2D eigenvalue weighted by atomic mass is 32.1. The molecular weight excluding hydrogens is 374 g/mol. The van der Waals surface area contributed by atoms with Crippen LogP contribution in [-0.2, 0) is 4.74 Å². The third-order valence-corrected chi connectivity index (χ3v) is 4.95. The number of hydrogen-bond donors (Lipinski definition) is 0. The summed E-state index contributed by atoms with van der Waals surface area (Å²) in [5, 5.41) is 8.13. The van der Waals surface area contributed by atoms with Gasteiger partial charge in [0.1, 0.15) is 16.5 Å². The number of hydrogen-bond acceptors (Lipinski definition) is 6. The first-order valence-electron chi connectivity index (χ1n) is 7.99. The largest absolute Gasteiger partial charge is 0.448 e. The predicted molar refractivity (Wildman–Crippen MR) is 95.3 cm³/mol. The monoisotopic (exact) mass is 386 g/mol. The fourth-order valence-corrected chi connectivity index (χ4v) is 3.46. The van der Waals surface area contributed by atoms with Crippen LogP contribution in [0.15, 0.2) is 52.9 Å². The maximum atomic E-state index is 13.8. The van der Waals surface area contributed by atoms with Gasteiger partial charge in [-0.25, -0.2) is 13.6 Å². The van der Waals surface area contributed by atoms with E-state index < -0.39 is 17.9 Å². The number of nitrogens with zero attached hydrogens (tertiary/aromatic N) is 2. The van der Waals surface area contributed by atoms with Crippen LogP contribution in [0, 0.1) is 11.6 Å². The number of carbonyl (C=O) groups is 1. The van der Waals surface area contributed by atoms with Crippen LogP contribution >= 0.6 is 11.3 Å². The summed E-state index contributed by atoms with van der Waals surface area (Å²) in [6.45, 7) is 1.59. The van der Waals surface area contributed by atoms with Gasteiger partial charge in [0.15, 0.2) is 6.10 Å². The molecule has 0 spiro atoms. The fraction of sp³-hybridized carbons (Fsp3) is 0.105. The number of benzene rings is 2. The van der Waals surface area contributed by atoms with Crippen molar-refractivity contribution < 1.29 is 22.7 Å². The van der Waals surface area contributed by atoms with E-state index in [1.165, 1.54) is 36.4 Å². The molecule has 0 bridgehead atoms. The highest BCUT2D eigenvalue weighted by Gasteiger charge is 2.21. The van der Waals surface area contributed by atoms with E-state index in [9.17, 15) is 13.6 Å². The zero-order chi connectivity index (χ0) is 19.0. The third kappa shape index (κ3) is 3.43. The molecule has 1 atom stereocenters. The van der Waals surface area contributed by atoms with Crippen LogP contribution in [-0.4, -0.2) is 16.2 Å². The maximum Gasteiger partial charge on any atom is 0.349 e. The van der Waals surface area contributed by atoms with Gasteiger partial charge in [0.25, 0.3) is 5.89 Å². The van der Waals surface area contributed by atoms with Gasteiger partial charge in [0.05, 0.1) is 0 Å². The van der Waals surface area contributed by atoms with Crippen LogP contribution in [0.25, 0.3) is 21.5 Å². The van der Waals surface area contributed by atoms with Gasteiger partial charge in [0.2, 0.25) is 5.89 Å². The number of aromatic nitrogens is 2. The molecule has 0 aliphatic carbocycles. The number of fused-ring (bicyclic) bond motifs is 1. The zero-order valence-corrected chi connectivity index (χ0v) is 14.8. The van der Waals surface area contributed by atoms with Crippen molar-refractivity contribution >= 4 is 27.4 Å². The second-order valence-electron chi connectivity index (χ2n) is 5.76. The average molecular weight is 386 g/mol. The molecule has 0 unspecified atom stereocenters. The molecule has 0 saturated carbocycles. The van der Waals surface area contributed by atoms with E-state index in [0.29, 0.717) is 15.6 Å². The smallest absolute Gasteiger partial charge is 0.349 e. The number of halogens is 2. The van der Waals surface area contributed by atoms with Crippen LogP contribution in [0.5, 0.6) is 0 Å². The Morgan fingerprint density at radius 1 is 1.15 bits per heavy atom. The number of ether oxygens (including phenoxy) is 1. The molecule has 2 aromatic carbocycles. The number of thiophene rings is 1. The molecule has 0 fully saturated rings. The lowest BCUT2D eigenvalue weighted by atomic mass is 10.2. The van der Waals surface area contributed by atoms with E-state index >= 15 is 0 Å². The van der Waals surface area contributed by atoms with Crippen molar-refractivity contribution in [1.82, 2.24) is 10.2 Å². The highest BCUT2D eigenvalue weighted by molar-refractivity contribution is 7.20. The summed E-state index contributed by atoms with van der Waals surface area (Å²) in [6.07, 6.45) is -0.797. The van der Waals surface area contributed by atoms with Gasteiger partial charge in [-0.1, -0.05) is 6.07 Å². The summed E-state index contributed by atoms with van der Waals surface area (Å²) in [4.78, 5) is 12.6. The van der Waals surface area contributed by atoms with Crippen molar-refractivity contribution in [2.24, 2.45) is 0 Å². The molecule has 27 heavy (non-hydrogen) atoms. The number of rotatable bonds is 4. The van der Waals surface area contributed by atoms with Crippen molar-refractivity contribution in [2.45, 2.75) is 13.0 Å². The number of carbonyl (C=O) groups excluding carboxylic acids is 1. The van der Waals surface area contributed by atoms with E-state index in [-0.39, 0.29) is 22.5 Å². The Bertz CT molecular complexity index is 1120. The SMILES string of the molecule is C[C@H](OC(=O)c1cc2c(F)cccc2s1)c1nnc(-c2ccc(F)cc2)o1. The molecule has 0 amide bonds. The van der Waals surface area contributed by atoms with Gasteiger partial charge < -0.3 is 9.15 Å². The second kappa shape index (κ2) is 6.88. The van der Waals surface area contributed by atoms with E-state index in [4.69, 9.17) is 9.15 Å². The molecule has 0 aliphatic heterocycles. The standard InChI is InChI=1S/C19H12F2N2O3S/c1-10(17-22-23-18(26-17)11-5-7-12(20)8-6-11)25-19(24)16-9-13-14(21)3-2-4-15(13)27-16/h2-10H,1H3/t10-/m0/s1. The van der Waals surface area contributed by atoms with Crippen molar-refractivity contribution in [3.05, 3.63) is 70.9 Å². The molecule has 0 aliphatic rings. The Balaban J connectivity index is 1.51. The molecule has 4 aromatic rings. The molecule has 8 heteroatoms. The molecule has 4 rings (SSSR count). The summed E-state index contributed by atoms with van der Waals surface area (Å²) in [6, 6.07) is 11.7. The van der Waals surface area contributed by atoms with Crippen molar-refractivity contribution in [3.63, 3.8) is 0 Å². The van der Waals surface area contributed by atoms with Crippen LogP contribution in [0.1, 0.15) is 28.6 Å². The number of esters is 1. The van der Waals surface area contributed by atoms with Crippen LogP contribution in [0.3, 0.4) is 0 Å². The lowest BCUT2D eigenvalue weighted by Crippen LogP contribution is -2.08. The highest BCUT2D eigenvalue weighted by Crippen LogP contribution is 2.30. The van der Waals surface area contributed by atoms with Crippen LogP contribution in [0.4, 0.5) is 8.78 Å². The van der Waals surface area contributed by atoms with Crippen LogP contribution < -0.4 is 0 Å². The zero-order valence-electron chi connectivity index (χ0n) is 14.0. The third-order valence-electron chi connectivity index (χ3n) is 3.87. The van der Waals surface area contributed by atoms with E-state index in [2.05, 4.69) is 10.2 Å². The van der Waals surface area contributed by atoms with Gasteiger partial charge in [0, 0.05) is 15.6 Å². The normalized spacial score (nSPS) is 12.3. The summed E-state index contributed by atoms with van der Waals surface area (Å²) in [5.41, 5.74) is 0.550. The molecule has 2 heterocycles.